The fraction of sp³-hybridized carbons (Fsp3) is 0.611. The molecule has 0 unspecified atom stereocenters. The number of hydrogen-bond acceptors (Lipinski definition) is 4. The standard InChI is InChI=1S/C18H30O4Si/c1-13(15(19)17(20)21-5)16(14-11-9-8-10-12-14)22-23(6,7)18(2,3)4/h8-13,15-16,19H,1-7H3/t13-,15-,16+/m1/s1. The summed E-state index contributed by atoms with van der Waals surface area (Å²) in [4.78, 5) is 11.7. The molecule has 0 spiro atoms. The van der Waals surface area contributed by atoms with E-state index in [4.69, 9.17) is 4.43 Å². The van der Waals surface area contributed by atoms with Crippen LogP contribution in [0.1, 0.15) is 39.4 Å². The zero-order valence-electron chi connectivity index (χ0n) is 15.3. The monoisotopic (exact) mass is 338 g/mol. The molecule has 23 heavy (non-hydrogen) atoms. The summed E-state index contributed by atoms with van der Waals surface area (Å²) in [7, 11) is -0.785. The highest BCUT2D eigenvalue weighted by Gasteiger charge is 2.42. The molecule has 0 fully saturated rings. The molecule has 0 aliphatic heterocycles. The molecule has 4 nitrogen and oxygen atoms in total. The summed E-state index contributed by atoms with van der Waals surface area (Å²) in [6.45, 7) is 12.7. The molecule has 1 aromatic rings. The lowest BCUT2D eigenvalue weighted by molar-refractivity contribution is -0.155. The van der Waals surface area contributed by atoms with Crippen LogP contribution in [-0.2, 0) is 14.0 Å². The van der Waals surface area contributed by atoms with Crippen molar-refractivity contribution in [3.63, 3.8) is 0 Å². The van der Waals surface area contributed by atoms with Crippen LogP contribution in [0.4, 0.5) is 0 Å². The molecule has 0 radical (unpaired) electrons. The molecule has 1 N–H and O–H groups in total. The summed E-state index contributed by atoms with van der Waals surface area (Å²) in [6.07, 6.45) is -1.57. The van der Waals surface area contributed by atoms with E-state index in [0.717, 1.165) is 5.56 Å². The average Bonchev–Trinajstić information content (AvgIpc) is 2.50. The number of rotatable bonds is 6. The third-order valence-electron chi connectivity index (χ3n) is 4.77. The summed E-state index contributed by atoms with van der Waals surface area (Å²) in [5.74, 6) is -1.03. The van der Waals surface area contributed by atoms with Crippen LogP contribution in [0.3, 0.4) is 0 Å². The van der Waals surface area contributed by atoms with Gasteiger partial charge < -0.3 is 14.3 Å². The predicted octanol–water partition coefficient (Wildman–Crippen LogP) is 3.92. The van der Waals surface area contributed by atoms with Crippen LogP contribution in [0.25, 0.3) is 0 Å². The number of carbonyl (C=O) groups is 1. The summed E-state index contributed by atoms with van der Waals surface area (Å²) in [5, 5.41) is 10.3. The summed E-state index contributed by atoms with van der Waals surface area (Å²) >= 11 is 0. The largest absolute Gasteiger partial charge is 0.467 e. The van der Waals surface area contributed by atoms with Crippen molar-refractivity contribution < 1.29 is 19.1 Å². The molecular weight excluding hydrogens is 308 g/mol. The van der Waals surface area contributed by atoms with Gasteiger partial charge in [-0.15, -0.1) is 0 Å². The highest BCUT2D eigenvalue weighted by atomic mass is 28.4. The number of esters is 1. The predicted molar refractivity (Wildman–Crippen MR) is 94.7 cm³/mol. The SMILES string of the molecule is COC(=O)[C@H](O)[C@@H](C)[C@H](O[Si](C)(C)C(C)(C)C)c1ccccc1. The molecule has 1 aromatic carbocycles. The van der Waals surface area contributed by atoms with Gasteiger partial charge in [0.1, 0.15) is 0 Å². The van der Waals surface area contributed by atoms with Gasteiger partial charge in [-0.2, -0.15) is 0 Å². The van der Waals surface area contributed by atoms with Gasteiger partial charge in [-0.1, -0.05) is 58.0 Å². The van der Waals surface area contributed by atoms with Crippen LogP contribution >= 0.6 is 0 Å². The minimum atomic E-state index is -2.07. The summed E-state index contributed by atoms with van der Waals surface area (Å²) < 4.78 is 11.2. The van der Waals surface area contributed by atoms with E-state index in [0.29, 0.717) is 0 Å². The lowest BCUT2D eigenvalue weighted by Crippen LogP contribution is -2.45. The van der Waals surface area contributed by atoms with E-state index in [2.05, 4.69) is 38.6 Å². The van der Waals surface area contributed by atoms with Crippen LogP contribution in [0.15, 0.2) is 30.3 Å². The maximum atomic E-state index is 11.7. The van der Waals surface area contributed by atoms with Crippen molar-refractivity contribution in [2.75, 3.05) is 7.11 Å². The third-order valence-corrected chi connectivity index (χ3v) is 9.23. The van der Waals surface area contributed by atoms with Crippen molar-refractivity contribution >= 4 is 14.3 Å². The molecule has 0 saturated carbocycles. The first-order valence-electron chi connectivity index (χ1n) is 8.00. The molecule has 0 amide bonds. The van der Waals surface area contributed by atoms with Gasteiger partial charge in [0.15, 0.2) is 14.4 Å². The van der Waals surface area contributed by atoms with Crippen molar-refractivity contribution in [3.05, 3.63) is 35.9 Å². The number of carbonyl (C=O) groups excluding carboxylic acids is 1. The second kappa shape index (κ2) is 7.60. The molecule has 0 heterocycles. The number of benzene rings is 1. The maximum Gasteiger partial charge on any atom is 0.335 e. The highest BCUT2D eigenvalue weighted by molar-refractivity contribution is 6.74. The van der Waals surface area contributed by atoms with Gasteiger partial charge in [-0.25, -0.2) is 4.79 Å². The number of ether oxygens (including phenoxy) is 1. The zero-order valence-corrected chi connectivity index (χ0v) is 16.3. The van der Waals surface area contributed by atoms with Crippen LogP contribution < -0.4 is 0 Å². The van der Waals surface area contributed by atoms with Crippen LogP contribution in [-0.4, -0.2) is 32.6 Å². The number of aliphatic hydroxyl groups excluding tert-OH is 1. The minimum absolute atomic E-state index is 0.0377. The van der Waals surface area contributed by atoms with Gasteiger partial charge in [0, 0.05) is 5.92 Å². The van der Waals surface area contributed by atoms with Crippen LogP contribution in [0.5, 0.6) is 0 Å². The zero-order chi connectivity index (χ0) is 17.8. The second-order valence-corrected chi connectivity index (χ2v) is 12.3. The summed E-state index contributed by atoms with van der Waals surface area (Å²) in [6, 6.07) is 9.76. The molecule has 1 rings (SSSR count). The lowest BCUT2D eigenvalue weighted by atomic mass is 9.92. The number of hydrogen-bond donors (Lipinski definition) is 1. The quantitative estimate of drug-likeness (QED) is 0.631. The topological polar surface area (TPSA) is 55.8 Å². The molecular formula is C18H30O4Si. The Bertz CT molecular complexity index is 508. The van der Waals surface area contributed by atoms with Crippen molar-refractivity contribution in [2.24, 2.45) is 5.92 Å². The van der Waals surface area contributed by atoms with Gasteiger partial charge in [0.05, 0.1) is 13.2 Å². The first-order chi connectivity index (χ1) is 10.5. The van der Waals surface area contributed by atoms with Crippen LogP contribution in [0.2, 0.25) is 18.1 Å². The highest BCUT2D eigenvalue weighted by Crippen LogP contribution is 2.42. The smallest absolute Gasteiger partial charge is 0.335 e. The Hall–Kier alpha value is -1.17. The number of methoxy groups -OCH3 is 1. The minimum Gasteiger partial charge on any atom is -0.467 e. The van der Waals surface area contributed by atoms with E-state index in [1.54, 1.807) is 0 Å². The van der Waals surface area contributed by atoms with Gasteiger partial charge in [0.25, 0.3) is 0 Å². The Morgan fingerprint density at radius 2 is 1.70 bits per heavy atom. The maximum absolute atomic E-state index is 11.7. The van der Waals surface area contributed by atoms with Gasteiger partial charge in [-0.3, -0.25) is 0 Å². The van der Waals surface area contributed by atoms with E-state index >= 15 is 0 Å². The van der Waals surface area contributed by atoms with Crippen molar-refractivity contribution in [3.8, 4) is 0 Å². The first-order valence-corrected chi connectivity index (χ1v) is 10.9. The normalized spacial score (nSPS) is 16.5. The molecule has 3 atom stereocenters. The molecule has 0 aliphatic rings. The van der Waals surface area contributed by atoms with Crippen molar-refractivity contribution in [1.82, 2.24) is 0 Å². The molecule has 5 heteroatoms. The van der Waals surface area contributed by atoms with Crippen molar-refractivity contribution in [2.45, 2.75) is 58.0 Å². The van der Waals surface area contributed by atoms with Gasteiger partial charge >= 0.3 is 5.97 Å². The molecule has 0 aromatic heterocycles. The Morgan fingerprint density at radius 3 is 2.13 bits per heavy atom. The van der Waals surface area contributed by atoms with E-state index < -0.39 is 26.3 Å². The van der Waals surface area contributed by atoms with E-state index in [-0.39, 0.29) is 11.1 Å². The molecule has 0 bridgehead atoms. The van der Waals surface area contributed by atoms with E-state index in [1.807, 2.05) is 37.3 Å². The Labute approximate surface area is 140 Å². The van der Waals surface area contributed by atoms with Gasteiger partial charge in [0.2, 0.25) is 0 Å². The Kier molecular flexibility index (Phi) is 6.56. The third kappa shape index (κ3) is 4.90. The molecule has 130 valence electrons. The molecule has 0 aliphatic carbocycles. The average molecular weight is 339 g/mol. The summed E-state index contributed by atoms with van der Waals surface area (Å²) in [5.41, 5.74) is 0.966. The van der Waals surface area contributed by atoms with Gasteiger partial charge in [-0.05, 0) is 23.7 Å². The first kappa shape index (κ1) is 19.9. The second-order valence-electron chi connectivity index (χ2n) is 7.54. The van der Waals surface area contributed by atoms with E-state index in [1.165, 1.54) is 7.11 Å². The Morgan fingerprint density at radius 1 is 1.17 bits per heavy atom. The lowest BCUT2D eigenvalue weighted by Gasteiger charge is -2.41. The molecule has 0 saturated heterocycles. The van der Waals surface area contributed by atoms with Crippen LogP contribution in [0, 0.1) is 5.92 Å². The Balaban J connectivity index is 3.16. The van der Waals surface area contributed by atoms with Crippen molar-refractivity contribution in [1.29, 1.82) is 0 Å². The fourth-order valence-electron chi connectivity index (χ4n) is 2.12. The number of aliphatic hydroxyl groups is 1. The van der Waals surface area contributed by atoms with E-state index in [9.17, 15) is 9.90 Å². The fourth-order valence-corrected chi connectivity index (χ4v) is 3.46.